The van der Waals surface area contributed by atoms with E-state index in [9.17, 15) is 29.7 Å². The van der Waals surface area contributed by atoms with Crippen LogP contribution >= 0.6 is 0 Å². The van der Waals surface area contributed by atoms with Crippen LogP contribution in [0.4, 0.5) is 0 Å². The lowest BCUT2D eigenvalue weighted by atomic mass is 9.85. The number of carbonyl (C=O) groups excluding carboxylic acids is 1. The summed E-state index contributed by atoms with van der Waals surface area (Å²) in [4.78, 5) is 37.3. The van der Waals surface area contributed by atoms with Gasteiger partial charge in [-0.15, -0.1) is 0 Å². The van der Waals surface area contributed by atoms with Crippen molar-refractivity contribution in [3.05, 3.63) is 102 Å². The van der Waals surface area contributed by atoms with Gasteiger partial charge in [0.2, 0.25) is 5.91 Å². The number of aromatic hydroxyl groups is 1. The van der Waals surface area contributed by atoms with E-state index in [4.69, 9.17) is 0 Å². The number of phenolic OH excluding ortho intramolecular Hbond substituents is 1. The van der Waals surface area contributed by atoms with Gasteiger partial charge in [0.15, 0.2) is 0 Å². The Morgan fingerprint density at radius 2 is 1.11 bits per heavy atom. The number of amides is 1. The number of carboxylic acids is 2. The van der Waals surface area contributed by atoms with Gasteiger partial charge < -0.3 is 20.6 Å². The van der Waals surface area contributed by atoms with E-state index in [-0.39, 0.29) is 31.4 Å². The Morgan fingerprint density at radius 3 is 1.60 bits per heavy atom. The van der Waals surface area contributed by atoms with Crippen LogP contribution in [-0.4, -0.2) is 39.2 Å². The molecule has 0 bridgehead atoms. The fourth-order valence-electron chi connectivity index (χ4n) is 4.05. The van der Waals surface area contributed by atoms with Crippen LogP contribution in [0, 0.1) is 11.8 Å². The van der Waals surface area contributed by atoms with Crippen LogP contribution in [0.1, 0.15) is 23.1 Å². The minimum Gasteiger partial charge on any atom is -0.508 e. The van der Waals surface area contributed by atoms with Crippen molar-refractivity contribution in [2.45, 2.75) is 31.7 Å². The highest BCUT2D eigenvalue weighted by Crippen LogP contribution is 2.23. The molecule has 3 aromatic carbocycles. The standard InChI is InChI=1S/C28H29NO6/c30-24-13-11-21(12-14-24)17-25(28(34)35)29-26(31)22(15-19-7-3-1-4-8-19)18-23(27(32)33)16-20-9-5-2-6-10-20/h1-14,22-23,25,30H,15-18H2,(H,29,31)(H,32,33)(H,34,35)/t22-,23-,25+/m1/s1. The first-order chi connectivity index (χ1) is 16.8. The van der Waals surface area contributed by atoms with Gasteiger partial charge in [0.05, 0.1) is 5.92 Å². The van der Waals surface area contributed by atoms with Crippen LogP contribution in [0.2, 0.25) is 0 Å². The van der Waals surface area contributed by atoms with Crippen LogP contribution in [0.15, 0.2) is 84.9 Å². The predicted molar refractivity (Wildman–Crippen MR) is 131 cm³/mol. The lowest BCUT2D eigenvalue weighted by Gasteiger charge is -2.23. The van der Waals surface area contributed by atoms with Gasteiger partial charge in [-0.05, 0) is 48.1 Å². The molecule has 0 unspecified atom stereocenters. The van der Waals surface area contributed by atoms with E-state index < -0.39 is 35.7 Å². The van der Waals surface area contributed by atoms with Gasteiger partial charge in [0, 0.05) is 12.3 Å². The molecule has 0 spiro atoms. The zero-order valence-electron chi connectivity index (χ0n) is 19.2. The molecule has 7 nitrogen and oxygen atoms in total. The Morgan fingerprint density at radius 1 is 0.629 bits per heavy atom. The molecule has 4 N–H and O–H groups in total. The first-order valence-corrected chi connectivity index (χ1v) is 11.4. The highest BCUT2D eigenvalue weighted by Gasteiger charge is 2.30. The molecule has 0 aliphatic heterocycles. The molecule has 1 amide bonds. The second-order valence-corrected chi connectivity index (χ2v) is 8.62. The van der Waals surface area contributed by atoms with Gasteiger partial charge in [-0.25, -0.2) is 4.79 Å². The Kier molecular flexibility index (Phi) is 9.01. The molecule has 0 aliphatic rings. The number of aliphatic carboxylic acids is 2. The first kappa shape index (κ1) is 25.5. The van der Waals surface area contributed by atoms with Crippen molar-refractivity contribution in [2.24, 2.45) is 11.8 Å². The highest BCUT2D eigenvalue weighted by molar-refractivity contribution is 5.86. The fourth-order valence-corrected chi connectivity index (χ4v) is 4.05. The Balaban J connectivity index is 1.79. The van der Waals surface area contributed by atoms with Crippen molar-refractivity contribution in [1.82, 2.24) is 5.32 Å². The molecule has 182 valence electrons. The molecule has 0 heterocycles. The SMILES string of the molecule is O=C(O)[C@H](Cc1ccccc1)C[C@@H](Cc1ccccc1)C(=O)N[C@@H](Cc1ccc(O)cc1)C(=O)O. The predicted octanol–water partition coefficient (Wildman–Crippen LogP) is 3.70. The minimum absolute atomic E-state index is 0.0335. The van der Waals surface area contributed by atoms with Crippen molar-refractivity contribution in [3.63, 3.8) is 0 Å². The van der Waals surface area contributed by atoms with Gasteiger partial charge in [-0.1, -0.05) is 72.8 Å². The molecular weight excluding hydrogens is 446 g/mol. The molecule has 0 radical (unpaired) electrons. The fraction of sp³-hybridized carbons (Fsp3) is 0.250. The average Bonchev–Trinajstić information content (AvgIpc) is 2.85. The minimum atomic E-state index is -1.19. The van der Waals surface area contributed by atoms with E-state index in [2.05, 4.69) is 5.32 Å². The van der Waals surface area contributed by atoms with E-state index >= 15 is 0 Å². The number of hydrogen-bond donors (Lipinski definition) is 4. The number of hydrogen-bond acceptors (Lipinski definition) is 4. The number of carboxylic acid groups (broad SMARTS) is 2. The summed E-state index contributed by atoms with van der Waals surface area (Å²) in [7, 11) is 0. The lowest BCUT2D eigenvalue weighted by Crippen LogP contribution is -2.46. The second-order valence-electron chi connectivity index (χ2n) is 8.62. The van der Waals surface area contributed by atoms with Crippen LogP contribution in [0.5, 0.6) is 5.75 Å². The Labute approximate surface area is 204 Å². The normalized spacial score (nSPS) is 13.4. The molecule has 3 aromatic rings. The monoisotopic (exact) mass is 475 g/mol. The quantitative estimate of drug-likeness (QED) is 0.317. The summed E-state index contributed by atoms with van der Waals surface area (Å²) in [6.45, 7) is 0. The second kappa shape index (κ2) is 12.4. The third-order valence-corrected chi connectivity index (χ3v) is 5.93. The molecule has 0 aromatic heterocycles. The lowest BCUT2D eigenvalue weighted by molar-refractivity contribution is -0.144. The van der Waals surface area contributed by atoms with Crippen LogP contribution in [-0.2, 0) is 33.6 Å². The average molecular weight is 476 g/mol. The maximum absolute atomic E-state index is 13.3. The number of rotatable bonds is 12. The molecule has 0 saturated heterocycles. The summed E-state index contributed by atoms with van der Waals surface area (Å²) < 4.78 is 0. The molecule has 3 rings (SSSR count). The first-order valence-electron chi connectivity index (χ1n) is 11.4. The van der Waals surface area contributed by atoms with Gasteiger partial charge in [-0.2, -0.15) is 0 Å². The molecule has 7 heteroatoms. The van der Waals surface area contributed by atoms with Crippen molar-refractivity contribution >= 4 is 17.8 Å². The largest absolute Gasteiger partial charge is 0.508 e. The number of carbonyl (C=O) groups is 3. The van der Waals surface area contributed by atoms with Crippen molar-refractivity contribution < 1.29 is 29.7 Å². The van der Waals surface area contributed by atoms with E-state index in [0.29, 0.717) is 5.56 Å². The molecule has 0 aliphatic carbocycles. The summed E-state index contributed by atoms with van der Waals surface area (Å²) in [5.74, 6) is -4.17. The number of benzene rings is 3. The van der Waals surface area contributed by atoms with Gasteiger partial charge in [-0.3, -0.25) is 9.59 Å². The maximum Gasteiger partial charge on any atom is 0.326 e. The number of nitrogens with one attached hydrogen (secondary N) is 1. The summed E-state index contributed by atoms with van der Waals surface area (Å²) in [6.07, 6.45) is 0.656. The summed E-state index contributed by atoms with van der Waals surface area (Å²) >= 11 is 0. The zero-order chi connectivity index (χ0) is 25.2. The maximum atomic E-state index is 13.3. The summed E-state index contributed by atoms with van der Waals surface area (Å²) in [6, 6.07) is 23.4. The van der Waals surface area contributed by atoms with Gasteiger partial charge >= 0.3 is 11.9 Å². The molecule has 0 fully saturated rings. The van der Waals surface area contributed by atoms with Crippen molar-refractivity contribution in [3.8, 4) is 5.75 Å². The van der Waals surface area contributed by atoms with E-state index in [1.165, 1.54) is 12.1 Å². The van der Waals surface area contributed by atoms with E-state index in [1.54, 1.807) is 12.1 Å². The zero-order valence-corrected chi connectivity index (χ0v) is 19.2. The highest BCUT2D eigenvalue weighted by atomic mass is 16.4. The van der Waals surface area contributed by atoms with Gasteiger partial charge in [0.1, 0.15) is 11.8 Å². The third kappa shape index (κ3) is 7.99. The molecular formula is C28H29NO6. The van der Waals surface area contributed by atoms with Crippen LogP contribution in [0.3, 0.4) is 0 Å². The van der Waals surface area contributed by atoms with Crippen molar-refractivity contribution in [2.75, 3.05) is 0 Å². The summed E-state index contributed by atoms with van der Waals surface area (Å²) in [5, 5.41) is 31.7. The molecule has 3 atom stereocenters. The Hall–Kier alpha value is -4.13. The third-order valence-electron chi connectivity index (χ3n) is 5.93. The van der Waals surface area contributed by atoms with E-state index in [1.807, 2.05) is 60.7 Å². The van der Waals surface area contributed by atoms with E-state index in [0.717, 1.165) is 11.1 Å². The number of phenols is 1. The summed E-state index contributed by atoms with van der Waals surface area (Å²) in [5.41, 5.74) is 2.36. The van der Waals surface area contributed by atoms with Crippen LogP contribution in [0.25, 0.3) is 0 Å². The smallest absolute Gasteiger partial charge is 0.326 e. The van der Waals surface area contributed by atoms with Gasteiger partial charge in [0.25, 0.3) is 0 Å². The van der Waals surface area contributed by atoms with Crippen LogP contribution < -0.4 is 5.32 Å². The topological polar surface area (TPSA) is 124 Å². The molecule has 0 saturated carbocycles. The van der Waals surface area contributed by atoms with Crippen molar-refractivity contribution in [1.29, 1.82) is 0 Å². The molecule has 35 heavy (non-hydrogen) atoms. The Bertz CT molecular complexity index is 1120.